The number of aryl methyl sites for hydroxylation is 1. The highest BCUT2D eigenvalue weighted by Gasteiger charge is 2.08. The number of pyridine rings is 1. The van der Waals surface area contributed by atoms with Crippen molar-refractivity contribution in [2.45, 2.75) is 13.8 Å². The molecule has 76 valence electrons. The topological polar surface area (TPSA) is 58.6 Å². The Labute approximate surface area is 87.0 Å². The van der Waals surface area contributed by atoms with Crippen LogP contribution in [0.5, 0.6) is 0 Å². The summed E-state index contributed by atoms with van der Waals surface area (Å²) in [4.78, 5) is 22.6. The summed E-state index contributed by atoms with van der Waals surface area (Å²) < 4.78 is 0. The fourth-order valence-corrected chi connectivity index (χ4v) is 1.40. The van der Waals surface area contributed by atoms with Crippen LogP contribution in [0.2, 0.25) is 0 Å². The normalized spacial score (nSPS) is 10.3. The van der Waals surface area contributed by atoms with Crippen LogP contribution in [-0.4, -0.2) is 15.0 Å². The van der Waals surface area contributed by atoms with Crippen LogP contribution < -0.4 is 5.56 Å². The van der Waals surface area contributed by atoms with Crippen LogP contribution in [0.15, 0.2) is 29.2 Å². The van der Waals surface area contributed by atoms with E-state index >= 15 is 0 Å². The molecule has 4 nitrogen and oxygen atoms in total. The van der Waals surface area contributed by atoms with Gasteiger partial charge >= 0.3 is 0 Å². The minimum absolute atomic E-state index is 0.108. The Bertz CT molecular complexity index is 531. The summed E-state index contributed by atoms with van der Waals surface area (Å²) in [6, 6.07) is 5.55. The molecule has 0 aliphatic carbocycles. The molecule has 0 radical (unpaired) electrons. The highest BCUT2D eigenvalue weighted by Crippen LogP contribution is 2.14. The zero-order valence-corrected chi connectivity index (χ0v) is 8.61. The molecule has 0 aliphatic heterocycles. The Hall–Kier alpha value is -1.97. The number of aromatic nitrogens is 3. The molecule has 2 aromatic rings. The average molecular weight is 201 g/mol. The summed E-state index contributed by atoms with van der Waals surface area (Å²) in [5.74, 6) is 0.603. The van der Waals surface area contributed by atoms with Crippen LogP contribution in [0.1, 0.15) is 11.4 Å². The quantitative estimate of drug-likeness (QED) is 0.759. The van der Waals surface area contributed by atoms with Crippen molar-refractivity contribution in [2.75, 3.05) is 0 Å². The van der Waals surface area contributed by atoms with E-state index in [1.54, 1.807) is 20.0 Å². The van der Waals surface area contributed by atoms with Crippen LogP contribution in [0, 0.1) is 13.8 Å². The lowest BCUT2D eigenvalue weighted by molar-refractivity contribution is 0.993. The molecule has 0 saturated carbocycles. The van der Waals surface area contributed by atoms with Gasteiger partial charge in [0, 0.05) is 11.8 Å². The highest BCUT2D eigenvalue weighted by molar-refractivity contribution is 5.57. The van der Waals surface area contributed by atoms with Crippen molar-refractivity contribution in [1.82, 2.24) is 15.0 Å². The Balaban J connectivity index is 2.68. The molecular formula is C11H11N3O. The van der Waals surface area contributed by atoms with Crippen LogP contribution >= 0.6 is 0 Å². The zero-order valence-electron chi connectivity index (χ0n) is 8.61. The number of aromatic amines is 1. The van der Waals surface area contributed by atoms with Gasteiger partial charge in [0.05, 0.1) is 11.4 Å². The predicted octanol–water partition coefficient (Wildman–Crippen LogP) is 1.45. The van der Waals surface area contributed by atoms with Crippen LogP contribution in [-0.2, 0) is 0 Å². The van der Waals surface area contributed by atoms with Crippen molar-refractivity contribution < 1.29 is 0 Å². The Kier molecular flexibility index (Phi) is 2.33. The van der Waals surface area contributed by atoms with E-state index in [1.807, 2.05) is 18.2 Å². The van der Waals surface area contributed by atoms with Gasteiger partial charge in [0.1, 0.15) is 5.82 Å². The summed E-state index contributed by atoms with van der Waals surface area (Å²) in [7, 11) is 0. The molecular weight excluding hydrogens is 190 g/mol. The predicted molar refractivity (Wildman–Crippen MR) is 57.6 cm³/mol. The van der Waals surface area contributed by atoms with Crippen molar-refractivity contribution >= 4 is 0 Å². The first-order valence-corrected chi connectivity index (χ1v) is 4.67. The zero-order chi connectivity index (χ0) is 10.8. The van der Waals surface area contributed by atoms with Gasteiger partial charge in [-0.2, -0.15) is 0 Å². The van der Waals surface area contributed by atoms with Crippen molar-refractivity contribution in [1.29, 1.82) is 0 Å². The summed E-state index contributed by atoms with van der Waals surface area (Å²) in [5.41, 5.74) is 1.86. The number of hydrogen-bond acceptors (Lipinski definition) is 3. The molecule has 15 heavy (non-hydrogen) atoms. The van der Waals surface area contributed by atoms with E-state index < -0.39 is 0 Å². The van der Waals surface area contributed by atoms with E-state index in [9.17, 15) is 4.79 Å². The average Bonchev–Trinajstić information content (AvgIpc) is 2.24. The summed E-state index contributed by atoms with van der Waals surface area (Å²) in [6.45, 7) is 3.50. The third-order valence-corrected chi connectivity index (χ3v) is 2.18. The third kappa shape index (κ3) is 1.79. The lowest BCUT2D eigenvalue weighted by Crippen LogP contribution is -2.14. The minimum Gasteiger partial charge on any atom is -0.311 e. The van der Waals surface area contributed by atoms with Crippen molar-refractivity contribution in [2.24, 2.45) is 0 Å². The molecule has 0 fully saturated rings. The molecule has 2 aromatic heterocycles. The molecule has 0 amide bonds. The monoisotopic (exact) mass is 201 g/mol. The largest absolute Gasteiger partial charge is 0.311 e. The number of nitrogens with zero attached hydrogens (tertiary/aromatic N) is 2. The maximum absolute atomic E-state index is 11.5. The summed E-state index contributed by atoms with van der Waals surface area (Å²) in [5, 5.41) is 0. The van der Waals surface area contributed by atoms with Gasteiger partial charge in [0.15, 0.2) is 0 Å². The van der Waals surface area contributed by atoms with E-state index in [1.165, 1.54) is 0 Å². The van der Waals surface area contributed by atoms with Gasteiger partial charge in [-0.1, -0.05) is 6.07 Å². The highest BCUT2D eigenvalue weighted by atomic mass is 16.1. The molecule has 0 unspecified atom stereocenters. The van der Waals surface area contributed by atoms with Gasteiger partial charge in [0.25, 0.3) is 5.56 Å². The SMILES string of the molecule is Cc1nc(-c2ccccn2)c(C)c(=O)[nH]1. The number of hydrogen-bond donors (Lipinski definition) is 1. The van der Waals surface area contributed by atoms with E-state index in [0.29, 0.717) is 17.1 Å². The van der Waals surface area contributed by atoms with Gasteiger partial charge < -0.3 is 4.98 Å². The minimum atomic E-state index is -0.108. The molecule has 2 rings (SSSR count). The molecule has 0 spiro atoms. The first kappa shape index (κ1) is 9.58. The van der Waals surface area contributed by atoms with Gasteiger partial charge in [-0.3, -0.25) is 9.78 Å². The second kappa shape index (κ2) is 3.65. The summed E-state index contributed by atoms with van der Waals surface area (Å²) >= 11 is 0. The van der Waals surface area contributed by atoms with Gasteiger partial charge in [-0.15, -0.1) is 0 Å². The smallest absolute Gasteiger partial charge is 0.254 e. The number of H-pyrrole nitrogens is 1. The second-order valence-corrected chi connectivity index (χ2v) is 3.34. The van der Waals surface area contributed by atoms with Crippen molar-refractivity contribution in [3.05, 3.63) is 46.1 Å². The van der Waals surface area contributed by atoms with Crippen LogP contribution in [0.25, 0.3) is 11.4 Å². The van der Waals surface area contributed by atoms with Crippen molar-refractivity contribution in [3.8, 4) is 11.4 Å². The lowest BCUT2D eigenvalue weighted by Gasteiger charge is -2.03. The third-order valence-electron chi connectivity index (χ3n) is 2.18. The first-order valence-electron chi connectivity index (χ1n) is 4.67. The number of nitrogens with one attached hydrogen (secondary N) is 1. The van der Waals surface area contributed by atoms with Crippen LogP contribution in [0.3, 0.4) is 0 Å². The molecule has 0 bridgehead atoms. The molecule has 0 saturated heterocycles. The standard InChI is InChI=1S/C11H11N3O/c1-7-10(9-5-3-4-6-12-9)13-8(2)14-11(7)15/h3-6H,1-2H3,(H,13,14,15). The molecule has 1 N–H and O–H groups in total. The van der Waals surface area contributed by atoms with Gasteiger partial charge in [-0.25, -0.2) is 4.98 Å². The molecule has 2 heterocycles. The fraction of sp³-hybridized carbons (Fsp3) is 0.182. The van der Waals surface area contributed by atoms with E-state index in [-0.39, 0.29) is 5.56 Å². The summed E-state index contributed by atoms with van der Waals surface area (Å²) in [6.07, 6.45) is 1.69. The molecule has 4 heteroatoms. The maximum Gasteiger partial charge on any atom is 0.254 e. The number of rotatable bonds is 1. The van der Waals surface area contributed by atoms with E-state index in [4.69, 9.17) is 0 Å². The first-order chi connectivity index (χ1) is 7.18. The van der Waals surface area contributed by atoms with Crippen LogP contribution in [0.4, 0.5) is 0 Å². The molecule has 0 aromatic carbocycles. The molecule has 0 atom stereocenters. The Morgan fingerprint density at radius 2 is 2.07 bits per heavy atom. The Morgan fingerprint density at radius 1 is 1.27 bits per heavy atom. The lowest BCUT2D eigenvalue weighted by atomic mass is 10.2. The maximum atomic E-state index is 11.5. The fourth-order valence-electron chi connectivity index (χ4n) is 1.40. The Morgan fingerprint density at radius 3 is 2.73 bits per heavy atom. The van der Waals surface area contributed by atoms with Crippen molar-refractivity contribution in [3.63, 3.8) is 0 Å². The van der Waals surface area contributed by atoms with E-state index in [0.717, 1.165) is 5.69 Å². The van der Waals surface area contributed by atoms with E-state index in [2.05, 4.69) is 15.0 Å². The van der Waals surface area contributed by atoms with Gasteiger partial charge in [-0.05, 0) is 26.0 Å². The second-order valence-electron chi connectivity index (χ2n) is 3.34. The molecule has 0 aliphatic rings. The van der Waals surface area contributed by atoms with Gasteiger partial charge in [0.2, 0.25) is 0 Å².